The second-order valence-electron chi connectivity index (χ2n) is 9.51. The molecule has 204 valence electrons. The Bertz CT molecular complexity index is 1520. The molecular weight excluding hydrogens is 502 g/mol. The van der Waals surface area contributed by atoms with E-state index in [-0.39, 0.29) is 5.97 Å². The molecule has 2 aromatic heterocycles. The minimum atomic E-state index is -0.188. The summed E-state index contributed by atoms with van der Waals surface area (Å²) in [6, 6.07) is 28.0. The molecule has 0 amide bonds. The molecule has 0 bridgehead atoms. The Labute approximate surface area is 234 Å². The zero-order chi connectivity index (χ0) is 27.7. The summed E-state index contributed by atoms with van der Waals surface area (Å²) in [6.45, 7) is 5.18. The highest BCUT2D eigenvalue weighted by Crippen LogP contribution is 2.25. The first-order chi connectivity index (χ1) is 19.6. The van der Waals surface area contributed by atoms with Crippen LogP contribution in [-0.4, -0.2) is 27.3 Å². The summed E-state index contributed by atoms with van der Waals surface area (Å²) in [6.07, 6.45) is 3.79. The Morgan fingerprint density at radius 2 is 1.60 bits per heavy atom. The monoisotopic (exact) mass is 535 g/mol. The number of aryl methyl sites for hydroxylation is 4. The SMILES string of the molecule is CCOC(=O)CCc1cn(CCc2ccc(OCc3nc(-c4ccccc4)oc3C)cc2)nc1-c1ccccc1. The zero-order valence-corrected chi connectivity index (χ0v) is 22.9. The number of benzene rings is 3. The fourth-order valence-electron chi connectivity index (χ4n) is 4.48. The van der Waals surface area contributed by atoms with E-state index in [1.807, 2.05) is 97.5 Å². The zero-order valence-electron chi connectivity index (χ0n) is 22.9. The quantitative estimate of drug-likeness (QED) is 0.163. The van der Waals surface area contributed by atoms with Crippen molar-refractivity contribution in [2.45, 2.75) is 46.3 Å². The fourth-order valence-corrected chi connectivity index (χ4v) is 4.48. The van der Waals surface area contributed by atoms with Crippen molar-refractivity contribution in [2.24, 2.45) is 0 Å². The first-order valence-corrected chi connectivity index (χ1v) is 13.6. The summed E-state index contributed by atoms with van der Waals surface area (Å²) in [5.41, 5.74) is 5.91. The molecule has 0 unspecified atom stereocenters. The number of hydrogen-bond donors (Lipinski definition) is 0. The first kappa shape index (κ1) is 26.9. The molecule has 40 heavy (non-hydrogen) atoms. The highest BCUT2D eigenvalue weighted by atomic mass is 16.5. The summed E-state index contributed by atoms with van der Waals surface area (Å²) in [5.74, 6) is 1.95. The van der Waals surface area contributed by atoms with Crippen molar-refractivity contribution in [1.29, 1.82) is 0 Å². The van der Waals surface area contributed by atoms with Crippen molar-refractivity contribution in [3.8, 4) is 28.5 Å². The van der Waals surface area contributed by atoms with Gasteiger partial charge in [0.2, 0.25) is 5.89 Å². The Hall–Kier alpha value is -4.65. The molecule has 0 aliphatic heterocycles. The summed E-state index contributed by atoms with van der Waals surface area (Å²) in [5, 5.41) is 4.86. The molecule has 2 heterocycles. The van der Waals surface area contributed by atoms with Crippen molar-refractivity contribution in [3.63, 3.8) is 0 Å². The summed E-state index contributed by atoms with van der Waals surface area (Å²) < 4.78 is 18.9. The van der Waals surface area contributed by atoms with Crippen LogP contribution in [0.3, 0.4) is 0 Å². The van der Waals surface area contributed by atoms with E-state index < -0.39 is 0 Å². The van der Waals surface area contributed by atoms with Crippen molar-refractivity contribution in [3.05, 3.63) is 114 Å². The molecule has 0 aliphatic rings. The van der Waals surface area contributed by atoms with Crippen molar-refractivity contribution in [1.82, 2.24) is 14.8 Å². The van der Waals surface area contributed by atoms with E-state index in [9.17, 15) is 4.79 Å². The molecule has 0 spiro atoms. The smallest absolute Gasteiger partial charge is 0.306 e. The standard InChI is InChI=1S/C33H33N3O4/c1-3-38-31(37)19-16-28-22-36(35-32(28)26-10-6-4-7-11-26)21-20-25-14-17-29(18-15-25)39-23-30-24(2)40-33(34-30)27-12-8-5-9-13-27/h4-15,17-18,22H,3,16,19-21,23H2,1-2H3. The van der Waals surface area contributed by atoms with Crippen LogP contribution in [0.5, 0.6) is 5.75 Å². The molecule has 3 aromatic carbocycles. The number of carbonyl (C=O) groups is 1. The van der Waals surface area contributed by atoms with E-state index in [1.165, 1.54) is 5.56 Å². The summed E-state index contributed by atoms with van der Waals surface area (Å²) in [7, 11) is 0. The van der Waals surface area contributed by atoms with E-state index in [0.717, 1.165) is 52.6 Å². The lowest BCUT2D eigenvalue weighted by atomic mass is 10.0. The van der Waals surface area contributed by atoms with Gasteiger partial charge in [0.05, 0.1) is 12.3 Å². The Morgan fingerprint density at radius 1 is 0.900 bits per heavy atom. The minimum Gasteiger partial charge on any atom is -0.487 e. The van der Waals surface area contributed by atoms with E-state index in [0.29, 0.717) is 31.9 Å². The maximum absolute atomic E-state index is 11.9. The molecule has 5 rings (SSSR count). The van der Waals surface area contributed by atoms with Crippen molar-refractivity contribution >= 4 is 5.97 Å². The van der Waals surface area contributed by atoms with Gasteiger partial charge in [0.1, 0.15) is 23.8 Å². The lowest BCUT2D eigenvalue weighted by Gasteiger charge is -2.07. The molecule has 0 aliphatic carbocycles. The van der Waals surface area contributed by atoms with Gasteiger partial charge < -0.3 is 13.9 Å². The number of rotatable bonds is 12. The third kappa shape index (κ3) is 6.86. The molecular formula is C33H33N3O4. The van der Waals surface area contributed by atoms with Gasteiger partial charge in [-0.2, -0.15) is 5.10 Å². The highest BCUT2D eigenvalue weighted by molar-refractivity contribution is 5.71. The number of hydrogen-bond acceptors (Lipinski definition) is 6. The van der Waals surface area contributed by atoms with Gasteiger partial charge >= 0.3 is 5.97 Å². The molecule has 0 radical (unpaired) electrons. The Balaban J connectivity index is 1.19. The van der Waals surface area contributed by atoms with Gasteiger partial charge in [-0.1, -0.05) is 60.7 Å². The molecule has 0 atom stereocenters. The molecule has 0 N–H and O–H groups in total. The van der Waals surface area contributed by atoms with Crippen LogP contribution in [0.25, 0.3) is 22.7 Å². The average Bonchev–Trinajstić information content (AvgIpc) is 3.58. The number of aromatic nitrogens is 3. The number of nitrogens with zero attached hydrogens (tertiary/aromatic N) is 3. The predicted molar refractivity (Wildman–Crippen MR) is 154 cm³/mol. The van der Waals surface area contributed by atoms with Crippen LogP contribution in [0.2, 0.25) is 0 Å². The third-order valence-electron chi connectivity index (χ3n) is 6.63. The Morgan fingerprint density at radius 3 is 2.30 bits per heavy atom. The summed E-state index contributed by atoms with van der Waals surface area (Å²) in [4.78, 5) is 16.6. The van der Waals surface area contributed by atoms with Crippen LogP contribution < -0.4 is 4.74 Å². The lowest BCUT2D eigenvalue weighted by molar-refractivity contribution is -0.143. The number of ether oxygens (including phenoxy) is 2. The second kappa shape index (κ2) is 12.9. The largest absolute Gasteiger partial charge is 0.487 e. The Kier molecular flexibility index (Phi) is 8.71. The number of carbonyl (C=O) groups excluding carboxylic acids is 1. The topological polar surface area (TPSA) is 79.4 Å². The number of oxazole rings is 1. The normalized spacial score (nSPS) is 10.9. The highest BCUT2D eigenvalue weighted by Gasteiger charge is 2.14. The molecule has 0 saturated heterocycles. The van der Waals surface area contributed by atoms with Gasteiger partial charge in [0, 0.05) is 30.3 Å². The lowest BCUT2D eigenvalue weighted by Crippen LogP contribution is -2.05. The van der Waals surface area contributed by atoms with Crippen molar-refractivity contribution < 1.29 is 18.7 Å². The minimum absolute atomic E-state index is 0.188. The van der Waals surface area contributed by atoms with Gasteiger partial charge in [-0.3, -0.25) is 9.48 Å². The van der Waals surface area contributed by atoms with Gasteiger partial charge in [-0.25, -0.2) is 4.98 Å². The molecule has 5 aromatic rings. The van der Waals surface area contributed by atoms with Gasteiger partial charge in [0.25, 0.3) is 0 Å². The number of esters is 1. The molecule has 0 saturated carbocycles. The second-order valence-corrected chi connectivity index (χ2v) is 9.51. The maximum Gasteiger partial charge on any atom is 0.306 e. The van der Waals surface area contributed by atoms with Gasteiger partial charge in [-0.15, -0.1) is 0 Å². The van der Waals surface area contributed by atoms with Crippen LogP contribution in [0.15, 0.2) is 95.5 Å². The van der Waals surface area contributed by atoms with Crippen LogP contribution in [-0.2, 0) is 35.5 Å². The van der Waals surface area contributed by atoms with E-state index in [2.05, 4.69) is 17.1 Å². The predicted octanol–water partition coefficient (Wildman–Crippen LogP) is 6.83. The third-order valence-corrected chi connectivity index (χ3v) is 6.63. The maximum atomic E-state index is 11.9. The first-order valence-electron chi connectivity index (χ1n) is 13.6. The molecule has 0 fully saturated rings. The van der Waals surface area contributed by atoms with Crippen LogP contribution >= 0.6 is 0 Å². The molecule has 7 heteroatoms. The van der Waals surface area contributed by atoms with Crippen LogP contribution in [0.4, 0.5) is 0 Å². The van der Waals surface area contributed by atoms with Gasteiger partial charge in [0.15, 0.2) is 0 Å². The summed E-state index contributed by atoms with van der Waals surface area (Å²) >= 11 is 0. The molecule has 7 nitrogen and oxygen atoms in total. The van der Waals surface area contributed by atoms with Crippen molar-refractivity contribution in [2.75, 3.05) is 6.61 Å². The van der Waals surface area contributed by atoms with Gasteiger partial charge in [-0.05, 0) is 62.1 Å². The van der Waals surface area contributed by atoms with E-state index in [4.69, 9.17) is 19.0 Å². The fraction of sp³-hybridized carbons (Fsp3) is 0.242. The van der Waals surface area contributed by atoms with Crippen LogP contribution in [0.1, 0.15) is 35.9 Å². The van der Waals surface area contributed by atoms with E-state index >= 15 is 0 Å². The van der Waals surface area contributed by atoms with E-state index in [1.54, 1.807) is 0 Å². The average molecular weight is 536 g/mol. The van der Waals surface area contributed by atoms with Crippen LogP contribution in [0, 0.1) is 6.92 Å².